The van der Waals surface area contributed by atoms with E-state index in [-0.39, 0.29) is 9.79 Å². The third kappa shape index (κ3) is 10.6. The number of piperazine rings is 2. The van der Waals surface area contributed by atoms with Crippen LogP contribution in [0.2, 0.25) is 0 Å². The van der Waals surface area contributed by atoms with Crippen molar-refractivity contribution in [2.75, 3.05) is 119 Å². The van der Waals surface area contributed by atoms with Gasteiger partial charge in [-0.1, -0.05) is 0 Å². The first kappa shape index (κ1) is 49.9. The minimum Gasteiger partial charge on any atom is -0.497 e. The molecule has 6 aromatic rings. The van der Waals surface area contributed by atoms with Gasteiger partial charge in [-0.3, -0.25) is 0 Å². The third-order valence-corrected chi connectivity index (χ3v) is 16.9. The zero-order chi connectivity index (χ0) is 48.6. The second kappa shape index (κ2) is 21.9. The molecule has 4 aromatic carbocycles. The highest BCUT2D eigenvalue weighted by atomic mass is 32.2. The summed E-state index contributed by atoms with van der Waals surface area (Å²) in [5, 5.41) is 5.63. The highest BCUT2D eigenvalue weighted by molar-refractivity contribution is 7.89. The van der Waals surface area contributed by atoms with Crippen LogP contribution in [0.4, 0.5) is 10.3 Å². The van der Waals surface area contributed by atoms with Crippen molar-refractivity contribution in [1.82, 2.24) is 18.6 Å². The molecule has 0 bridgehead atoms. The van der Waals surface area contributed by atoms with E-state index in [1.807, 2.05) is 47.2 Å². The summed E-state index contributed by atoms with van der Waals surface area (Å²) < 4.78 is 98.3. The van der Waals surface area contributed by atoms with Crippen LogP contribution in [0.3, 0.4) is 0 Å². The van der Waals surface area contributed by atoms with Crippen molar-refractivity contribution in [3.8, 4) is 68.5 Å². The Morgan fingerprint density at radius 1 is 0.412 bits per heavy atom. The average molecular weight is 1010 g/mol. The predicted molar refractivity (Wildman–Crippen MR) is 262 cm³/mol. The maximum absolute atomic E-state index is 13.2. The monoisotopic (exact) mass is 1010 g/mol. The second-order valence-electron chi connectivity index (χ2n) is 15.0. The van der Waals surface area contributed by atoms with E-state index in [1.165, 1.54) is 77.9 Å². The van der Waals surface area contributed by atoms with Gasteiger partial charge in [0.05, 0.1) is 78.1 Å². The number of sulfonamides is 2. The number of aromatic nitrogens is 2. The SMILES string of the molecule is COc1ccc(-c2csc(N3CCN(S(=O)(=O)c4ccc(OC)c(OC)c4)CC3)n2)c(OC)c1.COc1ccc(OC)c(-c2csc(N3CCN(S(=O)(=O)c4ccc(OC)c(OC)c4)CC3)n2)c1. The Hall–Kier alpha value is -6.04. The van der Waals surface area contributed by atoms with Gasteiger partial charge in [-0.15, -0.1) is 22.7 Å². The molecule has 0 amide bonds. The molecule has 2 fully saturated rings. The second-order valence-corrected chi connectivity index (χ2v) is 20.5. The predicted octanol–water partition coefficient (Wildman–Crippen LogP) is 6.71. The van der Waals surface area contributed by atoms with E-state index in [2.05, 4.69) is 9.80 Å². The molecule has 8 rings (SSSR count). The lowest BCUT2D eigenvalue weighted by Gasteiger charge is -2.33. The van der Waals surface area contributed by atoms with Crippen LogP contribution in [-0.4, -0.2) is 145 Å². The van der Waals surface area contributed by atoms with E-state index < -0.39 is 20.0 Å². The van der Waals surface area contributed by atoms with E-state index in [0.29, 0.717) is 92.6 Å². The van der Waals surface area contributed by atoms with Gasteiger partial charge in [0.1, 0.15) is 23.0 Å². The highest BCUT2D eigenvalue weighted by Gasteiger charge is 2.32. The molecule has 0 aliphatic carbocycles. The molecule has 2 aliphatic rings. The first-order valence-electron chi connectivity index (χ1n) is 21.1. The van der Waals surface area contributed by atoms with E-state index in [4.69, 9.17) is 47.9 Å². The van der Waals surface area contributed by atoms with Crippen LogP contribution in [0.25, 0.3) is 22.5 Å². The molecule has 364 valence electrons. The number of ether oxygens (including phenoxy) is 8. The molecular formula is C46H54N6O12S4. The van der Waals surface area contributed by atoms with Gasteiger partial charge in [0.25, 0.3) is 0 Å². The molecule has 0 saturated carbocycles. The summed E-state index contributed by atoms with van der Waals surface area (Å²) >= 11 is 3.04. The highest BCUT2D eigenvalue weighted by Crippen LogP contribution is 2.39. The van der Waals surface area contributed by atoms with Crippen LogP contribution in [-0.2, 0) is 20.0 Å². The maximum atomic E-state index is 13.2. The number of hydrogen-bond acceptors (Lipinski definition) is 18. The first-order chi connectivity index (χ1) is 32.8. The molecular weight excluding hydrogens is 957 g/mol. The molecule has 18 nitrogen and oxygen atoms in total. The lowest BCUT2D eigenvalue weighted by molar-refractivity contribution is 0.353. The summed E-state index contributed by atoms with van der Waals surface area (Å²) in [6.07, 6.45) is 0. The molecule has 0 atom stereocenters. The lowest BCUT2D eigenvalue weighted by Crippen LogP contribution is -2.48. The van der Waals surface area contributed by atoms with Gasteiger partial charge in [-0.2, -0.15) is 8.61 Å². The summed E-state index contributed by atoms with van der Waals surface area (Å²) in [5.74, 6) is 4.56. The summed E-state index contributed by atoms with van der Waals surface area (Å²) in [6.45, 7) is 3.58. The van der Waals surface area contributed by atoms with Crippen molar-refractivity contribution < 1.29 is 54.7 Å². The molecule has 2 aromatic heterocycles. The van der Waals surface area contributed by atoms with Crippen molar-refractivity contribution in [2.24, 2.45) is 0 Å². The molecule has 0 N–H and O–H groups in total. The van der Waals surface area contributed by atoms with Crippen molar-refractivity contribution in [3.05, 3.63) is 83.6 Å². The van der Waals surface area contributed by atoms with E-state index in [9.17, 15) is 16.8 Å². The number of rotatable bonds is 16. The van der Waals surface area contributed by atoms with E-state index in [1.54, 1.807) is 46.6 Å². The zero-order valence-corrected chi connectivity index (χ0v) is 42.2. The van der Waals surface area contributed by atoms with Crippen molar-refractivity contribution >= 4 is 53.0 Å². The van der Waals surface area contributed by atoms with E-state index >= 15 is 0 Å². The Labute approximate surface area is 405 Å². The topological polar surface area (TPSA) is 181 Å². The van der Waals surface area contributed by atoms with Gasteiger partial charge in [0.2, 0.25) is 20.0 Å². The summed E-state index contributed by atoms with van der Waals surface area (Å²) in [4.78, 5) is 14.1. The molecule has 2 aliphatic heterocycles. The van der Waals surface area contributed by atoms with Gasteiger partial charge < -0.3 is 47.7 Å². The number of nitrogens with zero attached hydrogens (tertiary/aromatic N) is 6. The first-order valence-corrected chi connectivity index (χ1v) is 25.8. The molecule has 0 unspecified atom stereocenters. The van der Waals surface area contributed by atoms with Crippen LogP contribution < -0.4 is 47.7 Å². The Bertz CT molecular complexity index is 2900. The number of thiazole rings is 2. The molecule has 2 saturated heterocycles. The van der Waals surface area contributed by atoms with Crippen LogP contribution in [0, 0.1) is 0 Å². The van der Waals surface area contributed by atoms with Crippen molar-refractivity contribution in [3.63, 3.8) is 0 Å². The largest absolute Gasteiger partial charge is 0.497 e. The number of anilines is 2. The third-order valence-electron chi connectivity index (χ3n) is 11.4. The number of methoxy groups -OCH3 is 8. The zero-order valence-electron chi connectivity index (χ0n) is 39.0. The fourth-order valence-corrected chi connectivity index (χ4v) is 12.2. The van der Waals surface area contributed by atoms with Gasteiger partial charge in [0, 0.05) is 92.4 Å². The Kier molecular flexibility index (Phi) is 16.1. The molecule has 68 heavy (non-hydrogen) atoms. The molecule has 0 radical (unpaired) electrons. The average Bonchev–Trinajstić information content (AvgIpc) is 4.10. The smallest absolute Gasteiger partial charge is 0.243 e. The van der Waals surface area contributed by atoms with Crippen LogP contribution in [0.5, 0.6) is 46.0 Å². The lowest BCUT2D eigenvalue weighted by atomic mass is 10.1. The number of benzene rings is 4. The maximum Gasteiger partial charge on any atom is 0.243 e. The molecule has 22 heteroatoms. The van der Waals surface area contributed by atoms with Crippen molar-refractivity contribution in [1.29, 1.82) is 0 Å². The summed E-state index contributed by atoms with van der Waals surface area (Å²) in [5.41, 5.74) is 3.32. The van der Waals surface area contributed by atoms with Crippen LogP contribution in [0.15, 0.2) is 93.3 Å². The summed E-state index contributed by atoms with van der Waals surface area (Å²) in [7, 11) is 5.15. The van der Waals surface area contributed by atoms with Gasteiger partial charge in [0.15, 0.2) is 33.3 Å². The Balaban J connectivity index is 0.000000201. The normalized spacial score (nSPS) is 14.6. The van der Waals surface area contributed by atoms with Crippen LogP contribution in [0.1, 0.15) is 0 Å². The molecule has 0 spiro atoms. The Morgan fingerprint density at radius 3 is 1.24 bits per heavy atom. The summed E-state index contributed by atoms with van der Waals surface area (Å²) in [6, 6.07) is 20.5. The molecule has 4 heterocycles. The minimum absolute atomic E-state index is 0.181. The van der Waals surface area contributed by atoms with Crippen molar-refractivity contribution in [2.45, 2.75) is 9.79 Å². The van der Waals surface area contributed by atoms with Crippen LogP contribution >= 0.6 is 22.7 Å². The number of hydrogen-bond donors (Lipinski definition) is 0. The van der Waals surface area contributed by atoms with Gasteiger partial charge in [-0.25, -0.2) is 26.8 Å². The Morgan fingerprint density at radius 2 is 0.809 bits per heavy atom. The van der Waals surface area contributed by atoms with Gasteiger partial charge in [-0.05, 0) is 54.6 Å². The van der Waals surface area contributed by atoms with Gasteiger partial charge >= 0.3 is 0 Å². The minimum atomic E-state index is -3.66. The fraction of sp³-hybridized carbons (Fsp3) is 0.348. The quantitative estimate of drug-likeness (QED) is 0.0997. The van der Waals surface area contributed by atoms with E-state index in [0.717, 1.165) is 38.5 Å². The fourth-order valence-electron chi connectivity index (χ4n) is 7.58. The standard InChI is InChI=1S/2C23H27N3O6S2/c1-29-16-5-7-20(30-2)18(13-16)19-15-33-23(24-19)25-9-11-26(12-10-25)34(27,28)17-6-8-21(31-3)22(14-17)32-4;1-29-16-5-7-18(21(13-16)31-3)19-15-33-23(24-19)25-9-11-26(12-10-25)34(27,28)17-6-8-20(30-2)22(14-17)32-4/h2*5-8,13-15H,9-12H2,1-4H3.